The molecule has 1 aliphatic rings. The van der Waals surface area contributed by atoms with Gasteiger partial charge in [0.1, 0.15) is 0 Å². The molecule has 1 aromatic rings. The minimum absolute atomic E-state index is 0.349. The van der Waals surface area contributed by atoms with E-state index >= 15 is 0 Å². The first-order valence-electron chi connectivity index (χ1n) is 5.58. The van der Waals surface area contributed by atoms with Gasteiger partial charge in [0.15, 0.2) is 6.29 Å². The summed E-state index contributed by atoms with van der Waals surface area (Å²) in [5.74, 6) is 0. The van der Waals surface area contributed by atoms with Gasteiger partial charge >= 0.3 is 0 Å². The Balaban J connectivity index is 2.12. The molecule has 1 aromatic heterocycles. The van der Waals surface area contributed by atoms with Gasteiger partial charge in [-0.2, -0.15) is 0 Å². The van der Waals surface area contributed by atoms with Gasteiger partial charge < -0.3 is 19.1 Å². The second kappa shape index (κ2) is 4.20. The third-order valence-electron chi connectivity index (χ3n) is 2.48. The number of hydrogen-bond donors (Lipinski definition) is 1. The fraction of sp³-hybridized carbons (Fsp3) is 0.667. The average molecular weight is 225 g/mol. The van der Waals surface area contributed by atoms with Crippen LogP contribution < -0.4 is 0 Å². The molecule has 0 aromatic carbocycles. The van der Waals surface area contributed by atoms with E-state index in [0.29, 0.717) is 6.61 Å². The minimum atomic E-state index is -0.863. The molecular formula is C12H19NO3. The van der Waals surface area contributed by atoms with Gasteiger partial charge in [-0.05, 0) is 26.8 Å². The topological polar surface area (TPSA) is 43.6 Å². The molecule has 0 spiro atoms. The summed E-state index contributed by atoms with van der Waals surface area (Å²) in [6.07, 6.45) is 1.08. The molecule has 1 aliphatic heterocycles. The fourth-order valence-electron chi connectivity index (χ4n) is 1.79. The van der Waals surface area contributed by atoms with Crippen LogP contribution in [0, 0.1) is 0 Å². The number of nitrogens with zero attached hydrogens (tertiary/aromatic N) is 1. The van der Waals surface area contributed by atoms with Crippen LogP contribution in [0.2, 0.25) is 0 Å². The maximum absolute atomic E-state index is 9.93. The van der Waals surface area contributed by atoms with Crippen LogP contribution in [0.1, 0.15) is 38.3 Å². The van der Waals surface area contributed by atoms with Gasteiger partial charge in [0, 0.05) is 24.0 Å². The molecule has 1 unspecified atom stereocenters. The molecular weight excluding hydrogens is 206 g/mol. The monoisotopic (exact) mass is 225 g/mol. The average Bonchev–Trinajstić information content (AvgIpc) is 2.58. The molecule has 0 saturated heterocycles. The quantitative estimate of drug-likeness (QED) is 0.781. The molecule has 2 heterocycles. The van der Waals surface area contributed by atoms with Crippen molar-refractivity contribution in [3.8, 4) is 0 Å². The molecule has 0 radical (unpaired) electrons. The summed E-state index contributed by atoms with van der Waals surface area (Å²) < 4.78 is 13.0. The highest BCUT2D eigenvalue weighted by molar-refractivity contribution is 5.20. The van der Waals surface area contributed by atoms with Crippen molar-refractivity contribution < 1.29 is 14.6 Å². The first kappa shape index (κ1) is 11.6. The van der Waals surface area contributed by atoms with Crippen LogP contribution in [0.25, 0.3) is 0 Å². The van der Waals surface area contributed by atoms with Gasteiger partial charge in [-0.3, -0.25) is 0 Å². The second-order valence-corrected chi connectivity index (χ2v) is 5.09. The van der Waals surface area contributed by atoms with Gasteiger partial charge in [-0.15, -0.1) is 0 Å². The minimum Gasteiger partial charge on any atom is -0.373 e. The van der Waals surface area contributed by atoms with E-state index in [4.69, 9.17) is 9.47 Å². The molecule has 90 valence electrons. The van der Waals surface area contributed by atoms with Crippen LogP contribution >= 0.6 is 0 Å². The summed E-state index contributed by atoms with van der Waals surface area (Å²) in [7, 11) is 0. The number of hydrogen-bond acceptors (Lipinski definition) is 3. The predicted molar refractivity (Wildman–Crippen MR) is 59.9 cm³/mol. The van der Waals surface area contributed by atoms with Crippen molar-refractivity contribution >= 4 is 0 Å². The third-order valence-corrected chi connectivity index (χ3v) is 2.48. The van der Waals surface area contributed by atoms with E-state index in [1.54, 1.807) is 0 Å². The lowest BCUT2D eigenvalue weighted by Gasteiger charge is -2.23. The standard InChI is InChI=1S/C12H19NO3/c1-12(2,3)16-11(14)9-6-10-8-15-5-4-13(10)7-9/h6-7,11,14H,4-5,8H2,1-3H3. The van der Waals surface area contributed by atoms with Crippen LogP contribution in [0.4, 0.5) is 0 Å². The highest BCUT2D eigenvalue weighted by Gasteiger charge is 2.21. The molecule has 4 nitrogen and oxygen atoms in total. The molecule has 0 bridgehead atoms. The zero-order chi connectivity index (χ0) is 11.8. The van der Waals surface area contributed by atoms with E-state index in [2.05, 4.69) is 4.57 Å². The summed E-state index contributed by atoms with van der Waals surface area (Å²) in [6.45, 7) is 7.97. The normalized spacial score (nSPS) is 18.2. The molecule has 0 saturated carbocycles. The van der Waals surface area contributed by atoms with E-state index in [-0.39, 0.29) is 5.60 Å². The Kier molecular flexibility index (Phi) is 3.06. The summed E-state index contributed by atoms with van der Waals surface area (Å²) in [5, 5.41) is 9.93. The molecule has 1 N–H and O–H groups in total. The van der Waals surface area contributed by atoms with Gasteiger partial charge in [0.25, 0.3) is 0 Å². The lowest BCUT2D eigenvalue weighted by Crippen LogP contribution is -2.22. The van der Waals surface area contributed by atoms with Gasteiger partial charge in [-0.1, -0.05) is 0 Å². The summed E-state index contributed by atoms with van der Waals surface area (Å²) >= 11 is 0. The van der Waals surface area contributed by atoms with Gasteiger partial charge in [0.2, 0.25) is 0 Å². The number of aliphatic hydroxyl groups excluding tert-OH is 1. The Bertz CT molecular complexity index is 341. The number of aromatic nitrogens is 1. The van der Waals surface area contributed by atoms with Gasteiger partial charge in [0.05, 0.1) is 18.8 Å². The molecule has 4 heteroatoms. The van der Waals surface area contributed by atoms with Crippen molar-refractivity contribution in [2.75, 3.05) is 6.61 Å². The zero-order valence-corrected chi connectivity index (χ0v) is 10.1. The zero-order valence-electron chi connectivity index (χ0n) is 10.1. The third kappa shape index (κ3) is 2.64. The Morgan fingerprint density at radius 2 is 2.25 bits per heavy atom. The number of aliphatic hydroxyl groups is 1. The Labute approximate surface area is 95.8 Å². The Morgan fingerprint density at radius 3 is 2.88 bits per heavy atom. The van der Waals surface area contributed by atoms with Crippen molar-refractivity contribution in [3.63, 3.8) is 0 Å². The Morgan fingerprint density at radius 1 is 1.50 bits per heavy atom. The first-order valence-corrected chi connectivity index (χ1v) is 5.58. The predicted octanol–water partition coefficient (Wildman–Crippen LogP) is 1.82. The van der Waals surface area contributed by atoms with Crippen molar-refractivity contribution in [1.29, 1.82) is 0 Å². The lowest BCUT2D eigenvalue weighted by atomic mass is 10.2. The molecule has 0 aliphatic carbocycles. The van der Waals surface area contributed by atoms with Crippen LogP contribution in [-0.2, 0) is 22.6 Å². The number of fused-ring (bicyclic) bond motifs is 1. The van der Waals surface area contributed by atoms with Crippen molar-refractivity contribution in [1.82, 2.24) is 4.57 Å². The summed E-state index contributed by atoms with van der Waals surface area (Å²) in [6, 6.07) is 1.94. The molecule has 0 fully saturated rings. The summed E-state index contributed by atoms with van der Waals surface area (Å²) in [5.41, 5.74) is 1.55. The van der Waals surface area contributed by atoms with E-state index in [0.717, 1.165) is 24.4 Å². The van der Waals surface area contributed by atoms with Crippen molar-refractivity contribution in [2.45, 2.75) is 45.8 Å². The van der Waals surface area contributed by atoms with Crippen LogP contribution in [0.5, 0.6) is 0 Å². The van der Waals surface area contributed by atoms with Crippen LogP contribution in [0.3, 0.4) is 0 Å². The SMILES string of the molecule is CC(C)(C)OC(O)c1cc2n(c1)CCOC2. The maximum Gasteiger partial charge on any atom is 0.183 e. The number of ether oxygens (including phenoxy) is 2. The molecule has 16 heavy (non-hydrogen) atoms. The first-order chi connectivity index (χ1) is 7.46. The molecule has 1 atom stereocenters. The highest BCUT2D eigenvalue weighted by Crippen LogP contribution is 2.24. The Hall–Kier alpha value is -0.840. The number of rotatable bonds is 2. The van der Waals surface area contributed by atoms with E-state index < -0.39 is 6.29 Å². The lowest BCUT2D eigenvalue weighted by molar-refractivity contribution is -0.169. The van der Waals surface area contributed by atoms with Gasteiger partial charge in [-0.25, -0.2) is 0 Å². The molecule has 2 rings (SSSR count). The fourth-order valence-corrected chi connectivity index (χ4v) is 1.79. The summed E-state index contributed by atoms with van der Waals surface area (Å²) in [4.78, 5) is 0. The van der Waals surface area contributed by atoms with Crippen molar-refractivity contribution in [2.24, 2.45) is 0 Å². The maximum atomic E-state index is 9.93. The van der Waals surface area contributed by atoms with E-state index in [9.17, 15) is 5.11 Å². The molecule has 0 amide bonds. The van der Waals surface area contributed by atoms with Crippen LogP contribution in [0.15, 0.2) is 12.3 Å². The van der Waals surface area contributed by atoms with E-state index in [1.807, 2.05) is 33.0 Å². The smallest absolute Gasteiger partial charge is 0.183 e. The van der Waals surface area contributed by atoms with E-state index in [1.165, 1.54) is 0 Å². The largest absolute Gasteiger partial charge is 0.373 e. The van der Waals surface area contributed by atoms with Crippen LogP contribution in [-0.4, -0.2) is 21.9 Å². The second-order valence-electron chi connectivity index (χ2n) is 5.09. The van der Waals surface area contributed by atoms with Crippen molar-refractivity contribution in [3.05, 3.63) is 23.5 Å². The highest BCUT2D eigenvalue weighted by atomic mass is 16.6.